The predicted octanol–water partition coefficient (Wildman–Crippen LogP) is 4.09. The molecule has 1 aliphatic carbocycles. The largest absolute Gasteiger partial charge is 0.382 e. The Morgan fingerprint density at radius 3 is 2.82 bits per heavy atom. The van der Waals surface area contributed by atoms with E-state index in [1.54, 1.807) is 22.7 Å². The van der Waals surface area contributed by atoms with Gasteiger partial charge in [-0.05, 0) is 42.3 Å². The Morgan fingerprint density at radius 2 is 2.09 bits per heavy atom. The van der Waals surface area contributed by atoms with E-state index in [0.29, 0.717) is 18.9 Å². The quantitative estimate of drug-likeness (QED) is 0.835. The molecule has 1 atom stereocenters. The van der Waals surface area contributed by atoms with Crippen molar-refractivity contribution in [3.05, 3.63) is 44.3 Å². The predicted molar refractivity (Wildman–Crippen MR) is 91.1 cm³/mol. The normalized spacial score (nSPS) is 16.8. The van der Waals surface area contributed by atoms with Gasteiger partial charge in [0, 0.05) is 21.1 Å². The summed E-state index contributed by atoms with van der Waals surface area (Å²) in [6, 6.07) is 7.83. The van der Waals surface area contributed by atoms with Gasteiger partial charge in [-0.2, -0.15) is 0 Å². The van der Waals surface area contributed by atoms with Crippen molar-refractivity contribution in [2.24, 2.45) is 5.92 Å². The second-order valence-electron chi connectivity index (χ2n) is 5.85. The average Bonchev–Trinajstić information content (AvgIpc) is 3.26. The van der Waals surface area contributed by atoms with Crippen LogP contribution in [0.15, 0.2) is 29.6 Å². The Bertz CT molecular complexity index is 600. The van der Waals surface area contributed by atoms with E-state index in [1.165, 1.54) is 25.7 Å². The van der Waals surface area contributed by atoms with E-state index in [1.807, 2.05) is 29.6 Å². The van der Waals surface area contributed by atoms with Crippen LogP contribution in [0.25, 0.3) is 0 Å². The third kappa shape index (κ3) is 3.97. The van der Waals surface area contributed by atoms with Crippen molar-refractivity contribution in [2.45, 2.75) is 44.8 Å². The van der Waals surface area contributed by atoms with E-state index in [9.17, 15) is 9.90 Å². The van der Waals surface area contributed by atoms with E-state index in [-0.39, 0.29) is 5.91 Å². The van der Waals surface area contributed by atoms with Crippen LogP contribution in [0.2, 0.25) is 0 Å². The maximum absolute atomic E-state index is 11.9. The van der Waals surface area contributed by atoms with E-state index in [2.05, 4.69) is 5.32 Å². The monoisotopic (exact) mass is 335 g/mol. The smallest absolute Gasteiger partial charge is 0.220 e. The van der Waals surface area contributed by atoms with Crippen LogP contribution in [0, 0.1) is 5.92 Å². The molecule has 0 radical (unpaired) electrons. The first-order valence-electron chi connectivity index (χ1n) is 7.79. The highest BCUT2D eigenvalue weighted by Gasteiger charge is 2.18. The molecule has 118 valence electrons. The van der Waals surface area contributed by atoms with Crippen molar-refractivity contribution < 1.29 is 9.90 Å². The number of hydrogen-bond acceptors (Lipinski definition) is 4. The molecule has 0 aliphatic heterocycles. The third-order valence-corrected chi connectivity index (χ3v) is 6.24. The minimum atomic E-state index is -0.548. The van der Waals surface area contributed by atoms with Crippen molar-refractivity contribution in [2.75, 3.05) is 0 Å². The van der Waals surface area contributed by atoms with Crippen LogP contribution >= 0.6 is 22.7 Å². The van der Waals surface area contributed by atoms with Crippen molar-refractivity contribution in [3.8, 4) is 0 Å². The van der Waals surface area contributed by atoms with Crippen molar-refractivity contribution in [1.82, 2.24) is 5.32 Å². The lowest BCUT2D eigenvalue weighted by molar-refractivity contribution is -0.122. The Hall–Kier alpha value is -1.17. The molecule has 2 heterocycles. The van der Waals surface area contributed by atoms with Gasteiger partial charge in [-0.15, -0.1) is 22.7 Å². The van der Waals surface area contributed by atoms with Crippen LogP contribution < -0.4 is 5.32 Å². The van der Waals surface area contributed by atoms with Gasteiger partial charge in [0.05, 0.1) is 6.54 Å². The number of rotatable bonds is 6. The zero-order valence-electron chi connectivity index (χ0n) is 12.5. The maximum Gasteiger partial charge on any atom is 0.220 e. The number of nitrogens with one attached hydrogen (secondary N) is 1. The molecule has 0 unspecified atom stereocenters. The van der Waals surface area contributed by atoms with E-state index in [0.717, 1.165) is 14.6 Å². The van der Waals surface area contributed by atoms with Gasteiger partial charge in [0.15, 0.2) is 0 Å². The first-order chi connectivity index (χ1) is 10.7. The third-order valence-electron chi connectivity index (χ3n) is 4.17. The SMILES string of the molecule is O=C(CC1CCCC1)NCc1ccc([C@H](O)c2cccs2)s1. The zero-order chi connectivity index (χ0) is 15.4. The summed E-state index contributed by atoms with van der Waals surface area (Å²) in [4.78, 5) is 14.9. The van der Waals surface area contributed by atoms with Crippen molar-refractivity contribution in [1.29, 1.82) is 0 Å². The summed E-state index contributed by atoms with van der Waals surface area (Å²) in [5.41, 5.74) is 0. The molecule has 2 N–H and O–H groups in total. The molecule has 1 saturated carbocycles. The molecule has 3 rings (SSSR count). The van der Waals surface area contributed by atoms with Crippen LogP contribution in [0.4, 0.5) is 0 Å². The molecule has 1 amide bonds. The highest BCUT2D eigenvalue weighted by molar-refractivity contribution is 7.12. The van der Waals surface area contributed by atoms with E-state index < -0.39 is 6.10 Å². The number of amides is 1. The summed E-state index contributed by atoms with van der Waals surface area (Å²) >= 11 is 3.12. The van der Waals surface area contributed by atoms with Crippen LogP contribution in [-0.4, -0.2) is 11.0 Å². The van der Waals surface area contributed by atoms with Crippen molar-refractivity contribution in [3.63, 3.8) is 0 Å². The van der Waals surface area contributed by atoms with Gasteiger partial charge >= 0.3 is 0 Å². The molecule has 0 bridgehead atoms. The van der Waals surface area contributed by atoms with Gasteiger partial charge in [0.1, 0.15) is 6.10 Å². The molecule has 22 heavy (non-hydrogen) atoms. The van der Waals surface area contributed by atoms with Crippen LogP contribution in [-0.2, 0) is 11.3 Å². The second-order valence-corrected chi connectivity index (χ2v) is 8.03. The fourth-order valence-electron chi connectivity index (χ4n) is 2.96. The number of aliphatic hydroxyl groups excluding tert-OH is 1. The summed E-state index contributed by atoms with van der Waals surface area (Å²) in [6.45, 7) is 0.563. The van der Waals surface area contributed by atoms with Crippen molar-refractivity contribution >= 4 is 28.6 Å². The molecule has 0 saturated heterocycles. The Morgan fingerprint density at radius 1 is 1.27 bits per heavy atom. The minimum absolute atomic E-state index is 0.153. The van der Waals surface area contributed by atoms with Gasteiger partial charge < -0.3 is 10.4 Å². The Labute approximate surface area is 139 Å². The lowest BCUT2D eigenvalue weighted by Crippen LogP contribution is -2.24. The lowest BCUT2D eigenvalue weighted by Gasteiger charge is -2.09. The summed E-state index contributed by atoms with van der Waals surface area (Å²) in [5.74, 6) is 0.736. The molecule has 0 spiro atoms. The molecule has 5 heteroatoms. The van der Waals surface area contributed by atoms with E-state index in [4.69, 9.17) is 0 Å². The highest BCUT2D eigenvalue weighted by atomic mass is 32.1. The average molecular weight is 335 g/mol. The Balaban J connectivity index is 1.50. The standard InChI is InChI=1S/C17H21NO2S2/c19-16(10-12-4-1-2-5-12)18-11-13-7-8-15(22-13)17(20)14-6-3-9-21-14/h3,6-9,12,17,20H,1-2,4-5,10-11H2,(H,18,19)/t17-/m1/s1. The molecule has 0 aromatic carbocycles. The molecule has 2 aromatic heterocycles. The summed E-state index contributed by atoms with van der Waals surface area (Å²) in [6.07, 6.45) is 5.05. The Kier molecular flexibility index (Phi) is 5.28. The first kappa shape index (κ1) is 15.7. The fourth-order valence-corrected chi connectivity index (χ4v) is 4.72. The van der Waals surface area contributed by atoms with Gasteiger partial charge in [-0.25, -0.2) is 0 Å². The molecular weight excluding hydrogens is 314 g/mol. The number of hydrogen-bond donors (Lipinski definition) is 2. The highest BCUT2D eigenvalue weighted by Crippen LogP contribution is 2.31. The number of aliphatic hydroxyl groups is 1. The number of carbonyl (C=O) groups is 1. The summed E-state index contributed by atoms with van der Waals surface area (Å²) < 4.78 is 0. The molecular formula is C17H21NO2S2. The van der Waals surface area contributed by atoms with Crippen LogP contribution in [0.1, 0.15) is 52.8 Å². The summed E-state index contributed by atoms with van der Waals surface area (Å²) in [7, 11) is 0. The number of carbonyl (C=O) groups excluding carboxylic acids is 1. The van der Waals surface area contributed by atoms with Gasteiger partial charge in [-0.1, -0.05) is 18.9 Å². The lowest BCUT2D eigenvalue weighted by atomic mass is 10.0. The topological polar surface area (TPSA) is 49.3 Å². The molecule has 3 nitrogen and oxygen atoms in total. The van der Waals surface area contributed by atoms with E-state index >= 15 is 0 Å². The molecule has 2 aromatic rings. The second kappa shape index (κ2) is 7.40. The maximum atomic E-state index is 11.9. The first-order valence-corrected chi connectivity index (χ1v) is 9.49. The summed E-state index contributed by atoms with van der Waals surface area (Å²) in [5, 5.41) is 15.3. The molecule has 1 aliphatic rings. The number of thiophene rings is 2. The minimum Gasteiger partial charge on any atom is -0.382 e. The molecule has 1 fully saturated rings. The van der Waals surface area contributed by atoms with Gasteiger partial charge in [-0.3, -0.25) is 4.79 Å². The van der Waals surface area contributed by atoms with Gasteiger partial charge in [0.2, 0.25) is 5.91 Å². The van der Waals surface area contributed by atoms with Crippen LogP contribution in [0.3, 0.4) is 0 Å². The van der Waals surface area contributed by atoms with Gasteiger partial charge in [0.25, 0.3) is 0 Å². The zero-order valence-corrected chi connectivity index (χ0v) is 14.1. The fraction of sp³-hybridized carbons (Fsp3) is 0.471. The van der Waals surface area contributed by atoms with Crippen LogP contribution in [0.5, 0.6) is 0 Å².